The molecule has 0 spiro atoms. The monoisotopic (exact) mass is 605 g/mol. The van der Waals surface area contributed by atoms with E-state index in [-0.39, 0.29) is 5.91 Å². The Labute approximate surface area is 239 Å². The molecule has 1 amide bonds. The first-order valence-electron chi connectivity index (χ1n) is 11.8. The van der Waals surface area contributed by atoms with Crippen LogP contribution in [0.5, 0.6) is 11.5 Å². The van der Waals surface area contributed by atoms with Crippen LogP contribution < -0.4 is 9.47 Å². The zero-order valence-corrected chi connectivity index (χ0v) is 24.0. The van der Waals surface area contributed by atoms with Gasteiger partial charge in [-0.05, 0) is 54.5 Å². The van der Waals surface area contributed by atoms with Crippen LogP contribution in [0.1, 0.15) is 11.1 Å². The summed E-state index contributed by atoms with van der Waals surface area (Å²) in [6, 6.07) is 23.6. The van der Waals surface area contributed by atoms with Crippen LogP contribution in [0, 0.1) is 0 Å². The molecule has 1 aliphatic heterocycles. The summed E-state index contributed by atoms with van der Waals surface area (Å²) >= 11 is 10.4. The molecular formula is C29H24BrN3O3S2. The Morgan fingerprint density at radius 1 is 1.00 bits per heavy atom. The fourth-order valence-electron chi connectivity index (χ4n) is 4.15. The van der Waals surface area contributed by atoms with E-state index in [1.165, 1.54) is 11.8 Å². The highest BCUT2D eigenvalue weighted by Gasteiger charge is 2.32. The largest absolute Gasteiger partial charge is 0.493 e. The number of thiocarbonyl (C=S) groups is 1. The van der Waals surface area contributed by atoms with Crippen molar-refractivity contribution in [3.63, 3.8) is 0 Å². The summed E-state index contributed by atoms with van der Waals surface area (Å²) in [5.74, 6) is 1.23. The Kier molecular flexibility index (Phi) is 7.97. The Morgan fingerprint density at radius 3 is 2.45 bits per heavy atom. The highest BCUT2D eigenvalue weighted by Crippen LogP contribution is 2.35. The highest BCUT2D eigenvalue weighted by molar-refractivity contribution is 9.10. The van der Waals surface area contributed by atoms with Gasteiger partial charge >= 0.3 is 0 Å². The summed E-state index contributed by atoms with van der Waals surface area (Å²) in [6.45, 7) is 0.473. The second-order valence-electron chi connectivity index (χ2n) is 8.49. The number of halogens is 1. The van der Waals surface area contributed by atoms with E-state index in [2.05, 4.69) is 15.9 Å². The number of carbonyl (C=O) groups is 1. The molecule has 4 aromatic rings. The SMILES string of the molecule is COc1ccc(CCN2C(=O)/C(=C/c3cn(-c4ccccc4)nc3-c3ccc(Br)cc3)SC2=S)cc1OC. The summed E-state index contributed by atoms with van der Waals surface area (Å²) in [5, 5.41) is 4.86. The van der Waals surface area contributed by atoms with Gasteiger partial charge in [0.1, 0.15) is 4.32 Å². The maximum Gasteiger partial charge on any atom is 0.266 e. The van der Waals surface area contributed by atoms with Crippen molar-refractivity contribution in [1.82, 2.24) is 14.7 Å². The van der Waals surface area contributed by atoms with E-state index in [0.717, 1.165) is 32.5 Å². The summed E-state index contributed by atoms with van der Waals surface area (Å²) in [7, 11) is 3.21. The van der Waals surface area contributed by atoms with Gasteiger partial charge in [-0.2, -0.15) is 5.10 Å². The van der Waals surface area contributed by atoms with Crippen LogP contribution in [0.2, 0.25) is 0 Å². The second kappa shape index (κ2) is 11.6. The van der Waals surface area contributed by atoms with Gasteiger partial charge in [-0.25, -0.2) is 4.68 Å². The van der Waals surface area contributed by atoms with E-state index >= 15 is 0 Å². The third-order valence-corrected chi connectivity index (χ3v) is 8.02. The molecule has 0 aliphatic carbocycles. The number of hydrogen-bond acceptors (Lipinski definition) is 6. The van der Waals surface area contributed by atoms with Crippen LogP contribution in [0.3, 0.4) is 0 Å². The van der Waals surface area contributed by atoms with E-state index in [9.17, 15) is 4.79 Å². The molecule has 0 atom stereocenters. The van der Waals surface area contributed by atoms with Gasteiger partial charge in [0.25, 0.3) is 5.91 Å². The van der Waals surface area contributed by atoms with Crippen molar-refractivity contribution < 1.29 is 14.3 Å². The number of ether oxygens (including phenoxy) is 2. The van der Waals surface area contributed by atoms with E-state index in [4.69, 9.17) is 26.8 Å². The van der Waals surface area contributed by atoms with E-state index < -0.39 is 0 Å². The highest BCUT2D eigenvalue weighted by atomic mass is 79.9. The van der Waals surface area contributed by atoms with Crippen LogP contribution >= 0.6 is 39.9 Å². The minimum atomic E-state index is -0.102. The van der Waals surface area contributed by atoms with Crippen LogP contribution in [0.25, 0.3) is 23.0 Å². The minimum Gasteiger partial charge on any atom is -0.493 e. The number of carbonyl (C=O) groups excluding carboxylic acids is 1. The molecule has 0 N–H and O–H groups in total. The van der Waals surface area contributed by atoms with Crippen molar-refractivity contribution in [3.05, 3.63) is 99.5 Å². The van der Waals surface area contributed by atoms with Crippen molar-refractivity contribution in [2.75, 3.05) is 20.8 Å². The molecule has 38 heavy (non-hydrogen) atoms. The molecule has 6 nitrogen and oxygen atoms in total. The van der Waals surface area contributed by atoms with Crippen molar-refractivity contribution in [1.29, 1.82) is 0 Å². The molecule has 0 saturated carbocycles. The molecule has 1 aliphatic rings. The topological polar surface area (TPSA) is 56.6 Å². The van der Waals surface area contributed by atoms with Crippen molar-refractivity contribution in [2.24, 2.45) is 0 Å². The zero-order valence-electron chi connectivity index (χ0n) is 20.8. The van der Waals surface area contributed by atoms with Gasteiger partial charge in [-0.15, -0.1) is 0 Å². The fourth-order valence-corrected chi connectivity index (χ4v) is 5.71. The van der Waals surface area contributed by atoms with Crippen LogP contribution in [-0.4, -0.2) is 45.7 Å². The first-order chi connectivity index (χ1) is 18.5. The zero-order chi connectivity index (χ0) is 26.6. The van der Waals surface area contributed by atoms with E-state index in [0.29, 0.717) is 33.7 Å². The molecular weight excluding hydrogens is 582 g/mol. The molecule has 2 heterocycles. The third-order valence-electron chi connectivity index (χ3n) is 6.11. The minimum absolute atomic E-state index is 0.102. The van der Waals surface area contributed by atoms with Gasteiger partial charge in [-0.1, -0.05) is 76.3 Å². The maximum absolute atomic E-state index is 13.4. The first kappa shape index (κ1) is 26.2. The van der Waals surface area contributed by atoms with Gasteiger partial charge in [0, 0.05) is 28.3 Å². The standard InChI is InChI=1S/C29H24BrN3O3S2/c1-35-24-13-8-19(16-25(24)36-2)14-15-32-28(34)26(38-29(32)37)17-21-18-33(23-6-4-3-5-7-23)31-27(21)20-9-11-22(30)12-10-20/h3-13,16-18H,14-15H2,1-2H3/b26-17-. The average Bonchev–Trinajstić information content (AvgIpc) is 3.48. The summed E-state index contributed by atoms with van der Waals surface area (Å²) in [6.07, 6.45) is 4.47. The number of rotatable bonds is 8. The number of thioether (sulfide) groups is 1. The predicted molar refractivity (Wildman–Crippen MR) is 160 cm³/mol. The lowest BCUT2D eigenvalue weighted by atomic mass is 10.1. The number of aromatic nitrogens is 2. The number of para-hydroxylation sites is 1. The smallest absolute Gasteiger partial charge is 0.266 e. The molecule has 1 fully saturated rings. The summed E-state index contributed by atoms with van der Waals surface area (Å²) in [4.78, 5) is 15.6. The Bertz CT molecular complexity index is 1520. The van der Waals surface area contributed by atoms with Gasteiger partial charge < -0.3 is 9.47 Å². The number of benzene rings is 3. The maximum atomic E-state index is 13.4. The fraction of sp³-hybridized carbons (Fsp3) is 0.138. The normalized spacial score (nSPS) is 14.4. The van der Waals surface area contributed by atoms with Gasteiger partial charge in [0.2, 0.25) is 0 Å². The number of amides is 1. The van der Waals surface area contributed by atoms with Crippen molar-refractivity contribution in [3.8, 4) is 28.4 Å². The number of hydrogen-bond donors (Lipinski definition) is 0. The Hall–Kier alpha value is -3.40. The molecule has 3 aromatic carbocycles. The molecule has 1 saturated heterocycles. The Morgan fingerprint density at radius 2 is 1.74 bits per heavy atom. The quantitative estimate of drug-likeness (QED) is 0.163. The van der Waals surface area contributed by atoms with Crippen molar-refractivity contribution in [2.45, 2.75) is 6.42 Å². The van der Waals surface area contributed by atoms with E-state index in [1.54, 1.807) is 19.1 Å². The Balaban J connectivity index is 1.42. The van der Waals surface area contributed by atoms with E-state index in [1.807, 2.05) is 89.8 Å². The molecule has 0 unspecified atom stereocenters. The van der Waals surface area contributed by atoms with Gasteiger partial charge in [0.05, 0.1) is 30.5 Å². The molecule has 192 valence electrons. The molecule has 0 radical (unpaired) electrons. The lowest BCUT2D eigenvalue weighted by Gasteiger charge is -2.15. The van der Waals surface area contributed by atoms with Crippen molar-refractivity contribution >= 4 is 56.2 Å². The molecule has 1 aromatic heterocycles. The predicted octanol–water partition coefficient (Wildman–Crippen LogP) is 6.76. The first-order valence-corrected chi connectivity index (χ1v) is 13.9. The third kappa shape index (κ3) is 5.55. The van der Waals surface area contributed by atoms with Gasteiger partial charge in [-0.3, -0.25) is 9.69 Å². The lowest BCUT2D eigenvalue weighted by Crippen LogP contribution is -2.30. The van der Waals surface area contributed by atoms with Crippen LogP contribution in [0.4, 0.5) is 0 Å². The summed E-state index contributed by atoms with van der Waals surface area (Å²) < 4.78 is 14.1. The summed E-state index contributed by atoms with van der Waals surface area (Å²) in [5.41, 5.74) is 4.56. The average molecular weight is 607 g/mol. The molecule has 0 bridgehead atoms. The lowest BCUT2D eigenvalue weighted by molar-refractivity contribution is -0.122. The second-order valence-corrected chi connectivity index (χ2v) is 11.1. The van der Waals surface area contributed by atoms with Gasteiger partial charge in [0.15, 0.2) is 11.5 Å². The van der Waals surface area contributed by atoms with Crippen LogP contribution in [-0.2, 0) is 11.2 Å². The molecule has 5 rings (SSSR count). The number of nitrogens with zero attached hydrogens (tertiary/aromatic N) is 3. The molecule has 9 heteroatoms. The van der Waals surface area contributed by atoms with Crippen LogP contribution in [0.15, 0.2) is 88.4 Å². The number of methoxy groups -OCH3 is 2.